The van der Waals surface area contributed by atoms with Gasteiger partial charge < -0.3 is 10.4 Å². The number of aromatic nitrogens is 2. The maximum Gasteiger partial charge on any atom is 0.268 e. The summed E-state index contributed by atoms with van der Waals surface area (Å²) in [4.78, 5) is 20.4. The number of aliphatic hydroxyl groups excluding tert-OH is 1. The van der Waals surface area contributed by atoms with Crippen molar-refractivity contribution in [3.05, 3.63) is 51.1 Å². The van der Waals surface area contributed by atoms with Gasteiger partial charge >= 0.3 is 0 Å². The Kier molecular flexibility index (Phi) is 4.78. The van der Waals surface area contributed by atoms with Crippen molar-refractivity contribution in [3.8, 4) is 5.69 Å². The summed E-state index contributed by atoms with van der Waals surface area (Å²) in [6, 6.07) is 9.58. The molecule has 0 saturated carbocycles. The lowest BCUT2D eigenvalue weighted by Crippen LogP contribution is -2.26. The molecule has 2 aromatic heterocycles. The maximum absolute atomic E-state index is 13.5. The molecule has 0 radical (unpaired) electrons. The number of benzene rings is 1. The SMILES string of the molecule is C[C@H](O)CNc1nc2sc3c(c2c(=O)n1-c1ccccc1)CCCCC3. The highest BCUT2D eigenvalue weighted by atomic mass is 32.1. The van der Waals surface area contributed by atoms with Crippen LogP contribution >= 0.6 is 11.3 Å². The van der Waals surface area contributed by atoms with Crippen LogP contribution in [0.3, 0.4) is 0 Å². The van der Waals surface area contributed by atoms with Crippen molar-refractivity contribution in [1.82, 2.24) is 9.55 Å². The Hall–Kier alpha value is -2.18. The number of aryl methyl sites for hydroxylation is 2. The Labute approximate surface area is 156 Å². The van der Waals surface area contributed by atoms with E-state index in [1.807, 2.05) is 30.3 Å². The van der Waals surface area contributed by atoms with Gasteiger partial charge in [0.05, 0.1) is 17.2 Å². The third-order valence-corrected chi connectivity index (χ3v) is 5.99. The molecule has 136 valence electrons. The third-order valence-electron chi connectivity index (χ3n) is 4.81. The minimum atomic E-state index is -0.521. The minimum absolute atomic E-state index is 0.0197. The Morgan fingerprint density at radius 2 is 2.00 bits per heavy atom. The van der Waals surface area contributed by atoms with Crippen LogP contribution in [0.15, 0.2) is 35.1 Å². The van der Waals surface area contributed by atoms with Gasteiger partial charge in [0, 0.05) is 11.4 Å². The van der Waals surface area contributed by atoms with Crippen molar-refractivity contribution in [2.75, 3.05) is 11.9 Å². The van der Waals surface area contributed by atoms with Gasteiger partial charge in [-0.25, -0.2) is 9.55 Å². The fraction of sp³-hybridized carbons (Fsp3) is 0.400. The second-order valence-electron chi connectivity index (χ2n) is 6.89. The van der Waals surface area contributed by atoms with Gasteiger partial charge in [-0.3, -0.25) is 4.79 Å². The molecule has 1 aliphatic rings. The van der Waals surface area contributed by atoms with E-state index < -0.39 is 6.10 Å². The first kappa shape index (κ1) is 17.2. The molecule has 0 spiro atoms. The first-order valence-electron chi connectivity index (χ1n) is 9.20. The van der Waals surface area contributed by atoms with Crippen LogP contribution in [-0.4, -0.2) is 27.3 Å². The van der Waals surface area contributed by atoms with E-state index in [0.29, 0.717) is 12.5 Å². The van der Waals surface area contributed by atoms with Crippen molar-refractivity contribution in [1.29, 1.82) is 0 Å². The van der Waals surface area contributed by atoms with Gasteiger partial charge in [-0.2, -0.15) is 0 Å². The van der Waals surface area contributed by atoms with E-state index in [4.69, 9.17) is 4.98 Å². The van der Waals surface area contributed by atoms with Crippen molar-refractivity contribution >= 4 is 27.5 Å². The highest BCUT2D eigenvalue weighted by Crippen LogP contribution is 2.34. The molecule has 3 aromatic rings. The molecule has 0 unspecified atom stereocenters. The van der Waals surface area contributed by atoms with Gasteiger partial charge in [-0.1, -0.05) is 24.6 Å². The Bertz CT molecular complexity index is 976. The second kappa shape index (κ2) is 7.21. The number of thiophene rings is 1. The van der Waals surface area contributed by atoms with Crippen molar-refractivity contribution < 1.29 is 5.11 Å². The van der Waals surface area contributed by atoms with Gasteiger partial charge in [0.1, 0.15) is 4.83 Å². The first-order valence-corrected chi connectivity index (χ1v) is 10.0. The number of nitrogens with one attached hydrogen (secondary N) is 1. The van der Waals surface area contributed by atoms with Gasteiger partial charge in [0.2, 0.25) is 5.95 Å². The zero-order valence-corrected chi connectivity index (χ0v) is 15.7. The largest absolute Gasteiger partial charge is 0.392 e. The monoisotopic (exact) mass is 369 g/mol. The molecule has 2 N–H and O–H groups in total. The molecule has 0 amide bonds. The lowest BCUT2D eigenvalue weighted by molar-refractivity contribution is 0.208. The molecule has 0 aliphatic heterocycles. The van der Waals surface area contributed by atoms with Crippen LogP contribution in [0.5, 0.6) is 0 Å². The zero-order chi connectivity index (χ0) is 18.1. The predicted octanol–water partition coefficient (Wildman–Crippen LogP) is 3.51. The third kappa shape index (κ3) is 3.15. The predicted molar refractivity (Wildman–Crippen MR) is 107 cm³/mol. The van der Waals surface area contributed by atoms with E-state index in [9.17, 15) is 9.90 Å². The molecule has 4 rings (SSSR count). The number of anilines is 1. The number of nitrogens with zero attached hydrogens (tertiary/aromatic N) is 2. The fourth-order valence-electron chi connectivity index (χ4n) is 3.56. The molecule has 0 fully saturated rings. The molecule has 1 atom stereocenters. The van der Waals surface area contributed by atoms with Crippen molar-refractivity contribution in [2.45, 2.75) is 45.1 Å². The number of rotatable bonds is 4. The molecule has 26 heavy (non-hydrogen) atoms. The number of para-hydroxylation sites is 1. The number of fused-ring (bicyclic) bond motifs is 3. The molecule has 1 aromatic carbocycles. The summed E-state index contributed by atoms with van der Waals surface area (Å²) in [7, 11) is 0. The number of hydrogen-bond acceptors (Lipinski definition) is 5. The van der Waals surface area contributed by atoms with E-state index in [2.05, 4.69) is 5.32 Å². The standard InChI is InChI=1S/C20H23N3O2S/c1-13(24)12-21-20-22-18-17(15-10-6-3-7-11-16(15)26-18)19(25)23(20)14-8-4-2-5-9-14/h2,4-5,8-9,13,24H,3,6-7,10-12H2,1H3,(H,21,22)/t13-/m0/s1. The molecule has 6 heteroatoms. The Morgan fingerprint density at radius 3 is 2.77 bits per heavy atom. The zero-order valence-electron chi connectivity index (χ0n) is 14.9. The van der Waals surface area contributed by atoms with Gasteiger partial charge in [-0.15, -0.1) is 11.3 Å². The molecule has 0 saturated heterocycles. The maximum atomic E-state index is 13.5. The Balaban J connectivity index is 1.95. The Morgan fingerprint density at radius 1 is 1.23 bits per heavy atom. The van der Waals surface area contributed by atoms with E-state index in [-0.39, 0.29) is 5.56 Å². The summed E-state index contributed by atoms with van der Waals surface area (Å²) < 4.78 is 1.64. The lowest BCUT2D eigenvalue weighted by Gasteiger charge is -2.15. The van der Waals surface area contributed by atoms with Crippen LogP contribution in [0, 0.1) is 0 Å². The average molecular weight is 369 g/mol. The highest BCUT2D eigenvalue weighted by molar-refractivity contribution is 7.18. The summed E-state index contributed by atoms with van der Waals surface area (Å²) in [6.07, 6.45) is 5.01. The van der Waals surface area contributed by atoms with Crippen molar-refractivity contribution in [2.24, 2.45) is 0 Å². The minimum Gasteiger partial charge on any atom is -0.392 e. The fourth-order valence-corrected chi connectivity index (χ4v) is 4.81. The van der Waals surface area contributed by atoms with Crippen LogP contribution in [0.2, 0.25) is 0 Å². The number of aliphatic hydroxyl groups is 1. The quantitative estimate of drug-likeness (QED) is 0.691. The van der Waals surface area contributed by atoms with E-state index in [0.717, 1.165) is 35.2 Å². The van der Waals surface area contributed by atoms with Crippen LogP contribution in [0.25, 0.3) is 15.9 Å². The summed E-state index contributed by atoms with van der Waals surface area (Å²) >= 11 is 1.65. The van der Waals surface area contributed by atoms with Gasteiger partial charge in [-0.05, 0) is 50.3 Å². The highest BCUT2D eigenvalue weighted by Gasteiger charge is 2.22. The normalized spacial score (nSPS) is 15.5. The molecule has 0 bridgehead atoms. The van der Waals surface area contributed by atoms with Gasteiger partial charge in [0.15, 0.2) is 0 Å². The molecular weight excluding hydrogens is 346 g/mol. The summed E-state index contributed by atoms with van der Waals surface area (Å²) in [5, 5.41) is 13.6. The first-order chi connectivity index (χ1) is 12.6. The van der Waals surface area contributed by atoms with Crippen LogP contribution in [0.1, 0.15) is 36.6 Å². The van der Waals surface area contributed by atoms with E-state index >= 15 is 0 Å². The van der Waals surface area contributed by atoms with Crippen LogP contribution in [0.4, 0.5) is 5.95 Å². The van der Waals surface area contributed by atoms with Crippen LogP contribution < -0.4 is 10.9 Å². The smallest absolute Gasteiger partial charge is 0.268 e. The molecular formula is C20H23N3O2S. The average Bonchev–Trinajstić information content (AvgIpc) is 2.82. The van der Waals surface area contributed by atoms with Crippen molar-refractivity contribution in [3.63, 3.8) is 0 Å². The topological polar surface area (TPSA) is 67.2 Å². The summed E-state index contributed by atoms with van der Waals surface area (Å²) in [6.45, 7) is 2.06. The van der Waals surface area contributed by atoms with E-state index in [1.165, 1.54) is 23.3 Å². The number of hydrogen-bond donors (Lipinski definition) is 2. The summed E-state index contributed by atoms with van der Waals surface area (Å²) in [5.74, 6) is 0.492. The van der Waals surface area contributed by atoms with Crippen LogP contribution in [-0.2, 0) is 12.8 Å². The molecule has 1 aliphatic carbocycles. The molecule has 5 nitrogen and oxygen atoms in total. The second-order valence-corrected chi connectivity index (χ2v) is 7.97. The molecule has 2 heterocycles. The van der Waals surface area contributed by atoms with Gasteiger partial charge in [0.25, 0.3) is 5.56 Å². The lowest BCUT2D eigenvalue weighted by atomic mass is 10.1. The summed E-state index contributed by atoms with van der Waals surface area (Å²) in [5.41, 5.74) is 1.97. The van der Waals surface area contributed by atoms with E-state index in [1.54, 1.807) is 22.8 Å².